The average molecular weight is 271 g/mol. The van der Waals surface area contributed by atoms with Crippen LogP contribution in [0.15, 0.2) is 17.3 Å². The van der Waals surface area contributed by atoms with Crippen LogP contribution in [0.1, 0.15) is 23.3 Å². The van der Waals surface area contributed by atoms with Crippen molar-refractivity contribution in [3.8, 4) is 0 Å². The van der Waals surface area contributed by atoms with E-state index in [0.717, 1.165) is 6.07 Å². The van der Waals surface area contributed by atoms with Crippen molar-refractivity contribution in [1.82, 2.24) is 4.98 Å². The highest BCUT2D eigenvalue weighted by atomic mass is 19.3. The van der Waals surface area contributed by atoms with Crippen molar-refractivity contribution in [3.05, 3.63) is 22.7 Å². The SMILES string of the molecule is O=Nc1ccc(C(=O)O)nc1N1CCC(F)(F)CC1. The van der Waals surface area contributed by atoms with Crippen molar-refractivity contribution in [1.29, 1.82) is 0 Å². The van der Waals surface area contributed by atoms with Gasteiger partial charge in [-0.3, -0.25) is 0 Å². The summed E-state index contributed by atoms with van der Waals surface area (Å²) in [5.74, 6) is -3.93. The number of aromatic nitrogens is 1. The molecule has 0 radical (unpaired) electrons. The van der Waals surface area contributed by atoms with Gasteiger partial charge in [0.1, 0.15) is 0 Å². The van der Waals surface area contributed by atoms with E-state index in [-0.39, 0.29) is 43.1 Å². The Labute approximate surface area is 107 Å². The monoisotopic (exact) mass is 271 g/mol. The Morgan fingerprint density at radius 1 is 1.37 bits per heavy atom. The molecule has 1 aliphatic heterocycles. The normalized spacial score (nSPS) is 18.1. The highest BCUT2D eigenvalue weighted by Gasteiger charge is 2.35. The summed E-state index contributed by atoms with van der Waals surface area (Å²) in [6.07, 6.45) is -0.714. The van der Waals surface area contributed by atoms with Gasteiger partial charge in [-0.15, -0.1) is 4.91 Å². The molecule has 0 aliphatic carbocycles. The van der Waals surface area contributed by atoms with Gasteiger partial charge in [-0.1, -0.05) is 0 Å². The van der Waals surface area contributed by atoms with Crippen LogP contribution in [0.3, 0.4) is 0 Å². The van der Waals surface area contributed by atoms with E-state index in [0.29, 0.717) is 0 Å². The number of piperidine rings is 1. The van der Waals surface area contributed by atoms with Crippen molar-refractivity contribution in [3.63, 3.8) is 0 Å². The van der Waals surface area contributed by atoms with Crippen LogP contribution in [-0.4, -0.2) is 35.1 Å². The minimum Gasteiger partial charge on any atom is -0.477 e. The van der Waals surface area contributed by atoms with Gasteiger partial charge in [-0.05, 0) is 17.3 Å². The number of alkyl halides is 2. The fraction of sp³-hybridized carbons (Fsp3) is 0.455. The molecule has 0 amide bonds. The molecule has 1 N–H and O–H groups in total. The lowest BCUT2D eigenvalue weighted by atomic mass is 10.1. The Balaban J connectivity index is 2.30. The highest BCUT2D eigenvalue weighted by Crippen LogP contribution is 2.33. The first-order chi connectivity index (χ1) is 8.93. The van der Waals surface area contributed by atoms with Crippen LogP contribution in [0.25, 0.3) is 0 Å². The fourth-order valence-corrected chi connectivity index (χ4v) is 1.91. The second-order valence-corrected chi connectivity index (χ2v) is 4.28. The number of anilines is 1. The number of hydrogen-bond donors (Lipinski definition) is 1. The van der Waals surface area contributed by atoms with Gasteiger partial charge < -0.3 is 10.0 Å². The van der Waals surface area contributed by atoms with Crippen LogP contribution >= 0.6 is 0 Å². The molecule has 0 spiro atoms. The minimum absolute atomic E-state index is 0.00555. The number of aromatic carboxylic acids is 1. The van der Waals surface area contributed by atoms with Crippen molar-refractivity contribution >= 4 is 17.5 Å². The van der Waals surface area contributed by atoms with Gasteiger partial charge in [-0.25, -0.2) is 18.6 Å². The molecule has 0 atom stereocenters. The summed E-state index contributed by atoms with van der Waals surface area (Å²) in [5, 5.41) is 11.6. The molecule has 1 fully saturated rings. The second kappa shape index (κ2) is 4.87. The largest absolute Gasteiger partial charge is 0.477 e. The zero-order chi connectivity index (χ0) is 14.0. The number of carboxylic acid groups (broad SMARTS) is 1. The Bertz CT molecular complexity index is 512. The summed E-state index contributed by atoms with van der Waals surface area (Å²) >= 11 is 0. The number of rotatable bonds is 3. The lowest BCUT2D eigenvalue weighted by Crippen LogP contribution is -2.39. The molecule has 0 saturated carbocycles. The van der Waals surface area contributed by atoms with E-state index in [1.807, 2.05) is 0 Å². The van der Waals surface area contributed by atoms with Crippen LogP contribution in [0.5, 0.6) is 0 Å². The smallest absolute Gasteiger partial charge is 0.354 e. The van der Waals surface area contributed by atoms with Crippen molar-refractivity contribution in [2.24, 2.45) is 5.18 Å². The van der Waals surface area contributed by atoms with E-state index in [1.165, 1.54) is 11.0 Å². The van der Waals surface area contributed by atoms with Crippen molar-refractivity contribution in [2.75, 3.05) is 18.0 Å². The lowest BCUT2D eigenvalue weighted by molar-refractivity contribution is -0.0221. The standard InChI is InChI=1S/C11H11F2N3O3/c12-11(13)3-5-16(6-4-11)9-7(15-19)1-2-8(14-9)10(17)18/h1-2H,3-6H2,(H,17,18). The molecule has 0 aromatic carbocycles. The molecule has 1 aromatic rings. The number of hydrogen-bond acceptors (Lipinski definition) is 5. The maximum atomic E-state index is 13.1. The van der Waals surface area contributed by atoms with E-state index in [9.17, 15) is 18.5 Å². The third-order valence-electron chi connectivity index (χ3n) is 2.97. The van der Waals surface area contributed by atoms with Gasteiger partial charge in [0, 0.05) is 25.9 Å². The average Bonchev–Trinajstić information content (AvgIpc) is 2.38. The van der Waals surface area contributed by atoms with Crippen LogP contribution in [0.2, 0.25) is 0 Å². The van der Waals surface area contributed by atoms with E-state index in [4.69, 9.17) is 5.11 Å². The molecule has 6 nitrogen and oxygen atoms in total. The van der Waals surface area contributed by atoms with Crippen molar-refractivity contribution in [2.45, 2.75) is 18.8 Å². The number of nitrogens with zero attached hydrogens (tertiary/aromatic N) is 3. The summed E-state index contributed by atoms with van der Waals surface area (Å²) in [6, 6.07) is 2.38. The Kier molecular flexibility index (Phi) is 3.41. The summed E-state index contributed by atoms with van der Waals surface area (Å²) in [5.41, 5.74) is -0.296. The molecule has 19 heavy (non-hydrogen) atoms. The molecule has 2 rings (SSSR count). The summed E-state index contributed by atoms with van der Waals surface area (Å²) in [6.45, 7) is 0.0111. The minimum atomic E-state index is -2.73. The van der Waals surface area contributed by atoms with Crippen LogP contribution < -0.4 is 4.90 Å². The molecule has 2 heterocycles. The molecule has 1 aliphatic rings. The van der Waals surface area contributed by atoms with Gasteiger partial charge in [0.25, 0.3) is 5.92 Å². The molecule has 1 aromatic heterocycles. The molecular weight excluding hydrogens is 260 g/mol. The second-order valence-electron chi connectivity index (χ2n) is 4.28. The first-order valence-corrected chi connectivity index (χ1v) is 5.63. The first kappa shape index (κ1) is 13.3. The first-order valence-electron chi connectivity index (χ1n) is 5.63. The maximum absolute atomic E-state index is 13.1. The number of carbonyl (C=O) groups is 1. The van der Waals surface area contributed by atoms with E-state index < -0.39 is 11.9 Å². The van der Waals surface area contributed by atoms with E-state index in [1.54, 1.807) is 0 Å². The number of pyridine rings is 1. The highest BCUT2D eigenvalue weighted by molar-refractivity contribution is 5.86. The summed E-state index contributed by atoms with van der Waals surface area (Å²) < 4.78 is 26.1. The molecule has 0 bridgehead atoms. The van der Waals surface area contributed by atoms with E-state index in [2.05, 4.69) is 10.2 Å². The zero-order valence-corrected chi connectivity index (χ0v) is 9.84. The van der Waals surface area contributed by atoms with Crippen molar-refractivity contribution < 1.29 is 18.7 Å². The van der Waals surface area contributed by atoms with Crippen LogP contribution in [0, 0.1) is 4.91 Å². The molecular formula is C11H11F2N3O3. The molecule has 1 saturated heterocycles. The Hall–Kier alpha value is -2.12. The number of carboxylic acids is 1. The molecule has 0 unspecified atom stereocenters. The van der Waals surface area contributed by atoms with Gasteiger partial charge in [0.15, 0.2) is 17.2 Å². The topological polar surface area (TPSA) is 82.9 Å². The summed E-state index contributed by atoms with van der Waals surface area (Å²) in [4.78, 5) is 26.8. The number of nitroso groups, excluding NO2 is 1. The quantitative estimate of drug-likeness (QED) is 0.853. The summed E-state index contributed by atoms with van der Waals surface area (Å²) in [7, 11) is 0. The lowest BCUT2D eigenvalue weighted by Gasteiger charge is -2.32. The van der Waals surface area contributed by atoms with Crippen LogP contribution in [-0.2, 0) is 0 Å². The predicted octanol–water partition coefficient (Wildman–Crippen LogP) is 2.41. The zero-order valence-electron chi connectivity index (χ0n) is 9.84. The predicted molar refractivity (Wildman–Crippen MR) is 63.0 cm³/mol. The van der Waals surface area contributed by atoms with E-state index >= 15 is 0 Å². The maximum Gasteiger partial charge on any atom is 0.354 e. The number of halogens is 2. The van der Waals surface area contributed by atoms with Gasteiger partial charge in [0.05, 0.1) is 0 Å². The molecule has 8 heteroatoms. The Morgan fingerprint density at radius 2 is 2.00 bits per heavy atom. The van der Waals surface area contributed by atoms with Gasteiger partial charge in [0.2, 0.25) is 0 Å². The molecule has 102 valence electrons. The third kappa shape index (κ3) is 2.83. The van der Waals surface area contributed by atoms with Gasteiger partial charge in [-0.2, -0.15) is 0 Å². The third-order valence-corrected chi connectivity index (χ3v) is 2.97. The fourth-order valence-electron chi connectivity index (χ4n) is 1.91. The van der Waals surface area contributed by atoms with Crippen LogP contribution in [0.4, 0.5) is 20.3 Å². The Morgan fingerprint density at radius 3 is 2.53 bits per heavy atom. The van der Waals surface area contributed by atoms with Gasteiger partial charge >= 0.3 is 5.97 Å².